The Morgan fingerprint density at radius 2 is 1.79 bits per heavy atom. The number of esters is 2. The minimum absolute atomic E-state index is 0.238. The fraction of sp³-hybridized carbons (Fsp3) is 0.706. The van der Waals surface area contributed by atoms with Crippen LogP contribution < -0.4 is 0 Å². The maximum absolute atomic E-state index is 13.8. The van der Waals surface area contributed by atoms with E-state index >= 15 is 0 Å². The molecular formula is C17H28FNO5. The van der Waals surface area contributed by atoms with Gasteiger partial charge in [0.25, 0.3) is 0 Å². The summed E-state index contributed by atoms with van der Waals surface area (Å²) >= 11 is 0. The Hall–Kier alpha value is -1.92. The monoisotopic (exact) mass is 345 g/mol. The number of hydrogen-bond donors (Lipinski definition) is 0. The number of ether oxygens (including phenoxy) is 2. The molecule has 24 heavy (non-hydrogen) atoms. The van der Waals surface area contributed by atoms with E-state index in [0.717, 1.165) is 11.3 Å². The quantitative estimate of drug-likeness (QED) is 0.345. The highest BCUT2D eigenvalue weighted by molar-refractivity contribution is 5.83. The summed E-state index contributed by atoms with van der Waals surface area (Å²) in [6.07, 6.45) is 2.97. The van der Waals surface area contributed by atoms with Crippen LogP contribution in [0.25, 0.3) is 0 Å². The number of carbonyl (C=O) groups excluding carboxylic acids is 3. The van der Waals surface area contributed by atoms with Gasteiger partial charge in [0.05, 0.1) is 0 Å². The van der Waals surface area contributed by atoms with Crippen LogP contribution >= 0.6 is 0 Å². The van der Waals surface area contributed by atoms with Crippen LogP contribution in [0.4, 0.5) is 4.39 Å². The summed E-state index contributed by atoms with van der Waals surface area (Å²) in [5.74, 6) is -1.56. The van der Waals surface area contributed by atoms with Crippen LogP contribution in [0.15, 0.2) is 12.2 Å². The number of hydrogen-bond acceptors (Lipinski definition) is 5. The molecule has 1 unspecified atom stereocenters. The Labute approximate surface area is 143 Å². The second kappa shape index (κ2) is 10.1. The molecule has 0 rings (SSSR count). The molecule has 0 aromatic rings. The van der Waals surface area contributed by atoms with Crippen LogP contribution in [0.3, 0.4) is 0 Å². The number of amides is 1. The van der Waals surface area contributed by atoms with Crippen molar-refractivity contribution in [2.24, 2.45) is 0 Å². The largest absolute Gasteiger partial charge is 0.456 e. The van der Waals surface area contributed by atoms with Crippen molar-refractivity contribution in [2.45, 2.75) is 71.4 Å². The molecule has 0 radical (unpaired) electrons. The van der Waals surface area contributed by atoms with Crippen LogP contribution in [0.2, 0.25) is 0 Å². The summed E-state index contributed by atoms with van der Waals surface area (Å²) < 4.78 is 24.0. The van der Waals surface area contributed by atoms with Gasteiger partial charge in [-0.2, -0.15) is 0 Å². The first-order valence-electron chi connectivity index (χ1n) is 7.95. The van der Waals surface area contributed by atoms with Gasteiger partial charge in [-0.3, -0.25) is 4.79 Å². The molecule has 0 fully saturated rings. The lowest BCUT2D eigenvalue weighted by molar-refractivity contribution is -0.172. The molecule has 0 aliphatic heterocycles. The Morgan fingerprint density at radius 1 is 1.21 bits per heavy atom. The van der Waals surface area contributed by atoms with E-state index in [-0.39, 0.29) is 6.42 Å². The molecule has 0 heterocycles. The van der Waals surface area contributed by atoms with Crippen molar-refractivity contribution in [3.8, 4) is 0 Å². The molecule has 138 valence electrons. The van der Waals surface area contributed by atoms with Gasteiger partial charge in [0, 0.05) is 13.5 Å². The van der Waals surface area contributed by atoms with Gasteiger partial charge in [-0.25, -0.2) is 14.0 Å². The van der Waals surface area contributed by atoms with E-state index in [1.807, 2.05) is 13.0 Å². The van der Waals surface area contributed by atoms with Crippen LogP contribution in [-0.2, 0) is 23.9 Å². The molecule has 0 N–H and O–H groups in total. The lowest BCUT2D eigenvalue weighted by atomic mass is 10.00. The lowest BCUT2D eigenvalue weighted by Crippen LogP contribution is -2.44. The zero-order chi connectivity index (χ0) is 18.9. The molecule has 0 bridgehead atoms. The van der Waals surface area contributed by atoms with E-state index in [1.54, 1.807) is 13.0 Å². The lowest BCUT2D eigenvalue weighted by Gasteiger charge is -2.28. The summed E-state index contributed by atoms with van der Waals surface area (Å²) in [5, 5.41) is 0. The highest BCUT2D eigenvalue weighted by Crippen LogP contribution is 2.20. The van der Waals surface area contributed by atoms with Gasteiger partial charge in [0.15, 0.2) is 6.10 Å². The molecule has 0 saturated carbocycles. The zero-order valence-electron chi connectivity index (χ0n) is 15.2. The maximum Gasteiger partial charge on any atom is 0.347 e. The Balaban J connectivity index is 4.81. The second-order valence-corrected chi connectivity index (χ2v) is 6.27. The van der Waals surface area contributed by atoms with Gasteiger partial charge < -0.3 is 14.4 Å². The first-order valence-corrected chi connectivity index (χ1v) is 7.95. The molecule has 0 aliphatic rings. The highest BCUT2D eigenvalue weighted by Gasteiger charge is 2.33. The third-order valence-electron chi connectivity index (χ3n) is 3.18. The van der Waals surface area contributed by atoms with Gasteiger partial charge in [-0.05, 0) is 40.2 Å². The van der Waals surface area contributed by atoms with Gasteiger partial charge in [0.1, 0.15) is 17.8 Å². The summed E-state index contributed by atoms with van der Waals surface area (Å²) in [6, 6.07) is -1.12. The molecule has 0 saturated heterocycles. The molecule has 7 heteroatoms. The fourth-order valence-electron chi connectivity index (χ4n) is 1.87. The summed E-state index contributed by atoms with van der Waals surface area (Å²) in [4.78, 5) is 36.0. The predicted molar refractivity (Wildman–Crippen MR) is 88.0 cm³/mol. The Kier molecular flexibility index (Phi) is 9.25. The third kappa shape index (κ3) is 8.64. The zero-order valence-corrected chi connectivity index (χ0v) is 15.2. The number of carbonyl (C=O) groups is 3. The maximum atomic E-state index is 13.8. The van der Waals surface area contributed by atoms with Crippen molar-refractivity contribution in [1.82, 2.24) is 4.90 Å². The van der Waals surface area contributed by atoms with Crippen molar-refractivity contribution in [2.75, 3.05) is 7.05 Å². The average Bonchev–Trinajstić information content (AvgIpc) is 2.48. The van der Waals surface area contributed by atoms with E-state index < -0.39 is 35.9 Å². The highest BCUT2D eigenvalue weighted by atomic mass is 19.1. The molecule has 3 atom stereocenters. The standard InChI is InChI=1S/C17H28FNO5/c1-7-8-9-12(2)23-15(21)13(3)24-16(22)14(19(6)11-20)10-17(4,5)18/h8-9,11-14H,7,10H2,1-6H3/b9-8-/t12?,13-,14+/m1/s1. The predicted octanol–water partition coefficient (Wildman–Crippen LogP) is 2.41. The first-order chi connectivity index (χ1) is 11.0. The Morgan fingerprint density at radius 3 is 2.25 bits per heavy atom. The number of allylic oxidation sites excluding steroid dienone is 1. The molecule has 0 aromatic heterocycles. The second-order valence-electron chi connectivity index (χ2n) is 6.27. The minimum Gasteiger partial charge on any atom is -0.456 e. The van der Waals surface area contributed by atoms with E-state index in [1.165, 1.54) is 27.8 Å². The molecular weight excluding hydrogens is 317 g/mol. The fourth-order valence-corrected chi connectivity index (χ4v) is 1.87. The van der Waals surface area contributed by atoms with Crippen molar-refractivity contribution >= 4 is 18.3 Å². The molecule has 0 aliphatic carbocycles. The molecule has 0 spiro atoms. The van der Waals surface area contributed by atoms with Gasteiger partial charge in [0.2, 0.25) is 6.41 Å². The average molecular weight is 345 g/mol. The SMILES string of the molecule is CC/C=C\C(C)OC(=O)[C@@H](C)OC(=O)[C@H](CC(C)(C)F)N(C)C=O. The first kappa shape index (κ1) is 22.1. The molecule has 0 aromatic carbocycles. The Bertz CT molecular complexity index is 458. The number of nitrogens with zero attached hydrogens (tertiary/aromatic N) is 1. The van der Waals surface area contributed by atoms with E-state index in [9.17, 15) is 18.8 Å². The number of rotatable bonds is 10. The van der Waals surface area contributed by atoms with Gasteiger partial charge in [-0.1, -0.05) is 13.0 Å². The van der Waals surface area contributed by atoms with Crippen molar-refractivity contribution in [3.63, 3.8) is 0 Å². The summed E-state index contributed by atoms with van der Waals surface area (Å²) in [5.41, 5.74) is -1.68. The van der Waals surface area contributed by atoms with E-state index in [4.69, 9.17) is 9.47 Å². The van der Waals surface area contributed by atoms with Crippen LogP contribution in [-0.4, -0.2) is 54.2 Å². The number of likely N-dealkylation sites (N-methyl/N-ethyl adjacent to an activating group) is 1. The van der Waals surface area contributed by atoms with Crippen LogP contribution in [0.1, 0.15) is 47.5 Å². The molecule has 1 amide bonds. The topological polar surface area (TPSA) is 72.9 Å². The minimum atomic E-state index is -1.68. The molecule has 6 nitrogen and oxygen atoms in total. The van der Waals surface area contributed by atoms with Gasteiger partial charge in [-0.15, -0.1) is 0 Å². The van der Waals surface area contributed by atoms with Crippen LogP contribution in [0.5, 0.6) is 0 Å². The van der Waals surface area contributed by atoms with Crippen molar-refractivity contribution in [3.05, 3.63) is 12.2 Å². The van der Waals surface area contributed by atoms with Gasteiger partial charge >= 0.3 is 11.9 Å². The number of alkyl halides is 1. The summed E-state index contributed by atoms with van der Waals surface area (Å²) in [6.45, 7) is 7.60. The normalized spacial score (nSPS) is 15.5. The van der Waals surface area contributed by atoms with E-state index in [2.05, 4.69) is 0 Å². The van der Waals surface area contributed by atoms with Crippen LogP contribution in [0, 0.1) is 0 Å². The summed E-state index contributed by atoms with van der Waals surface area (Å²) in [7, 11) is 1.35. The third-order valence-corrected chi connectivity index (χ3v) is 3.18. The van der Waals surface area contributed by atoms with E-state index in [0.29, 0.717) is 6.41 Å². The smallest absolute Gasteiger partial charge is 0.347 e. The van der Waals surface area contributed by atoms with Crippen molar-refractivity contribution < 1.29 is 28.2 Å². The number of halogens is 1. The van der Waals surface area contributed by atoms with Crippen molar-refractivity contribution in [1.29, 1.82) is 0 Å².